The number of benzene rings is 2. The number of carboxylic acid groups (broad SMARTS) is 1. The van der Waals surface area contributed by atoms with Crippen LogP contribution in [0.4, 0.5) is 17.6 Å². The number of ketones is 1. The van der Waals surface area contributed by atoms with Crippen LogP contribution < -0.4 is 10.1 Å². The molecule has 1 heterocycles. The van der Waals surface area contributed by atoms with Gasteiger partial charge in [0.25, 0.3) is 0 Å². The Morgan fingerprint density at radius 2 is 1.71 bits per heavy atom. The van der Waals surface area contributed by atoms with Crippen molar-refractivity contribution in [2.75, 3.05) is 26.2 Å². The smallest absolute Gasteiger partial charge is 0.305 e. The molecular formula is C25H25F4N3O6. The van der Waals surface area contributed by atoms with Crippen LogP contribution in [0, 0.1) is 23.3 Å². The molecule has 1 saturated heterocycles. The second-order valence-electron chi connectivity index (χ2n) is 8.66. The summed E-state index contributed by atoms with van der Waals surface area (Å²) in [6.45, 7) is 1.22. The molecule has 1 fully saturated rings. The van der Waals surface area contributed by atoms with Gasteiger partial charge in [0.05, 0.1) is 19.0 Å². The number of hydrogen-bond acceptors (Lipinski definition) is 6. The molecule has 38 heavy (non-hydrogen) atoms. The zero-order chi connectivity index (χ0) is 28.0. The third-order valence-electron chi connectivity index (χ3n) is 5.97. The lowest BCUT2D eigenvalue weighted by molar-refractivity contribution is -0.145. The van der Waals surface area contributed by atoms with Gasteiger partial charge in [-0.2, -0.15) is 8.78 Å². The van der Waals surface area contributed by atoms with E-state index in [1.165, 1.54) is 4.90 Å². The Kier molecular flexibility index (Phi) is 9.40. The zero-order valence-electron chi connectivity index (χ0n) is 20.3. The molecule has 204 valence electrons. The summed E-state index contributed by atoms with van der Waals surface area (Å²) in [6.07, 6.45) is -0.911. The summed E-state index contributed by atoms with van der Waals surface area (Å²) >= 11 is 0. The number of carbonyl (C=O) groups excluding carboxylic acids is 3. The van der Waals surface area contributed by atoms with Gasteiger partial charge in [-0.15, -0.1) is 0 Å². The number of halogens is 4. The van der Waals surface area contributed by atoms with Gasteiger partial charge in [0, 0.05) is 25.7 Å². The van der Waals surface area contributed by atoms with Crippen molar-refractivity contribution in [2.45, 2.75) is 32.0 Å². The van der Waals surface area contributed by atoms with Crippen molar-refractivity contribution in [1.29, 1.82) is 0 Å². The van der Waals surface area contributed by atoms with Crippen LogP contribution in [0.5, 0.6) is 5.75 Å². The van der Waals surface area contributed by atoms with Gasteiger partial charge in [0.2, 0.25) is 23.4 Å². The SMILES string of the molecule is CC1C(=O)N(CC(=O)NC(CC(=O)O)C(=O)COc2c(F)c(F)cc(F)c2F)CCN1Cc1ccccc1. The number of carbonyl (C=O) groups is 4. The Hall–Kier alpha value is -4.00. The number of ether oxygens (including phenoxy) is 1. The molecule has 2 aromatic rings. The van der Waals surface area contributed by atoms with Gasteiger partial charge < -0.3 is 20.1 Å². The van der Waals surface area contributed by atoms with Crippen LogP contribution in [-0.2, 0) is 25.7 Å². The molecule has 1 aliphatic heterocycles. The van der Waals surface area contributed by atoms with Crippen molar-refractivity contribution >= 4 is 23.6 Å². The highest BCUT2D eigenvalue weighted by atomic mass is 19.2. The number of nitrogens with one attached hydrogen (secondary N) is 1. The van der Waals surface area contributed by atoms with Gasteiger partial charge >= 0.3 is 5.97 Å². The molecule has 3 rings (SSSR count). The fraction of sp³-hybridized carbons (Fsp3) is 0.360. The molecule has 2 unspecified atom stereocenters. The second-order valence-corrected chi connectivity index (χ2v) is 8.66. The van der Waals surface area contributed by atoms with Crippen molar-refractivity contribution in [3.8, 4) is 5.75 Å². The zero-order valence-corrected chi connectivity index (χ0v) is 20.3. The Morgan fingerprint density at radius 3 is 2.32 bits per heavy atom. The number of piperazine rings is 1. The van der Waals surface area contributed by atoms with E-state index < -0.39 is 78.3 Å². The number of aliphatic carboxylic acids is 1. The average Bonchev–Trinajstić information content (AvgIpc) is 2.87. The number of hydrogen-bond donors (Lipinski definition) is 2. The Balaban J connectivity index is 1.59. The van der Waals surface area contributed by atoms with Crippen molar-refractivity contribution in [3.05, 3.63) is 65.2 Å². The molecule has 0 aromatic heterocycles. The Bertz CT molecular complexity index is 1190. The van der Waals surface area contributed by atoms with Crippen molar-refractivity contribution < 1.29 is 46.6 Å². The number of rotatable bonds is 11. The number of Topliss-reactive ketones (excluding diaryl/α,β-unsaturated/α-hetero) is 1. The van der Waals surface area contributed by atoms with Crippen molar-refractivity contribution in [1.82, 2.24) is 15.1 Å². The summed E-state index contributed by atoms with van der Waals surface area (Å²) in [4.78, 5) is 52.3. The van der Waals surface area contributed by atoms with E-state index in [4.69, 9.17) is 5.11 Å². The highest BCUT2D eigenvalue weighted by molar-refractivity contribution is 5.94. The molecule has 0 saturated carbocycles. The predicted molar refractivity (Wildman–Crippen MR) is 124 cm³/mol. The fourth-order valence-corrected chi connectivity index (χ4v) is 3.92. The average molecular weight is 539 g/mol. The van der Waals surface area contributed by atoms with E-state index in [0.29, 0.717) is 13.1 Å². The molecule has 1 aliphatic rings. The maximum absolute atomic E-state index is 13.8. The van der Waals surface area contributed by atoms with Crippen LogP contribution in [0.2, 0.25) is 0 Å². The van der Waals surface area contributed by atoms with Crippen LogP contribution in [0.1, 0.15) is 18.9 Å². The van der Waals surface area contributed by atoms with Crippen LogP contribution in [0.25, 0.3) is 0 Å². The van der Waals surface area contributed by atoms with E-state index in [1.807, 2.05) is 35.2 Å². The summed E-state index contributed by atoms with van der Waals surface area (Å²) in [5.41, 5.74) is 1.01. The molecule has 2 amide bonds. The molecule has 13 heteroatoms. The lowest BCUT2D eigenvalue weighted by Gasteiger charge is -2.39. The number of nitrogens with zero attached hydrogens (tertiary/aromatic N) is 2. The Labute approximate surface area is 215 Å². The summed E-state index contributed by atoms with van der Waals surface area (Å²) in [7, 11) is 0. The summed E-state index contributed by atoms with van der Waals surface area (Å²) in [5.74, 6) is -12.6. The summed E-state index contributed by atoms with van der Waals surface area (Å²) in [5, 5.41) is 11.3. The topological polar surface area (TPSA) is 116 Å². The minimum Gasteiger partial charge on any atom is -0.481 e. The van der Waals surface area contributed by atoms with Gasteiger partial charge in [-0.25, -0.2) is 8.78 Å². The van der Waals surface area contributed by atoms with Gasteiger partial charge in [-0.1, -0.05) is 30.3 Å². The largest absolute Gasteiger partial charge is 0.481 e. The van der Waals surface area contributed by atoms with Gasteiger partial charge in [0.1, 0.15) is 12.6 Å². The molecule has 2 N–H and O–H groups in total. The predicted octanol–water partition coefficient (Wildman–Crippen LogP) is 1.88. The molecule has 0 radical (unpaired) electrons. The first kappa shape index (κ1) is 28.6. The van der Waals surface area contributed by atoms with Gasteiger partial charge in [-0.3, -0.25) is 24.1 Å². The lowest BCUT2D eigenvalue weighted by atomic mass is 10.1. The molecule has 2 atom stereocenters. The highest BCUT2D eigenvalue weighted by Gasteiger charge is 2.33. The summed E-state index contributed by atoms with van der Waals surface area (Å²) < 4.78 is 58.8. The summed E-state index contributed by atoms with van der Waals surface area (Å²) in [6, 6.07) is 7.20. The lowest BCUT2D eigenvalue weighted by Crippen LogP contribution is -2.58. The molecular weight excluding hydrogens is 514 g/mol. The monoisotopic (exact) mass is 539 g/mol. The molecule has 0 bridgehead atoms. The van der Waals surface area contributed by atoms with Crippen LogP contribution in [0.3, 0.4) is 0 Å². The standard InChI is InChI=1S/C25H25F4N3O6/c1-14-25(37)32(8-7-31(14)11-15-5-3-2-4-6-15)12-20(34)30-18(10-21(35)36)19(33)13-38-24-22(28)16(26)9-17(27)23(24)29/h2-6,9,14,18H,7-8,10-13H2,1H3,(H,30,34)(H,35,36). The first-order chi connectivity index (χ1) is 18.0. The quantitative estimate of drug-likeness (QED) is 0.331. The van der Waals surface area contributed by atoms with E-state index in [0.717, 1.165) is 5.56 Å². The molecule has 9 nitrogen and oxygen atoms in total. The van der Waals surface area contributed by atoms with Gasteiger partial charge in [-0.05, 0) is 12.5 Å². The Morgan fingerprint density at radius 1 is 1.08 bits per heavy atom. The normalized spacial score (nSPS) is 16.7. The molecule has 2 aromatic carbocycles. The maximum atomic E-state index is 13.8. The third kappa shape index (κ3) is 7.06. The van der Waals surface area contributed by atoms with E-state index >= 15 is 0 Å². The van der Waals surface area contributed by atoms with E-state index in [-0.39, 0.29) is 18.5 Å². The first-order valence-corrected chi connectivity index (χ1v) is 11.5. The molecule has 0 aliphatic carbocycles. The van der Waals surface area contributed by atoms with Crippen LogP contribution in [-0.4, -0.2) is 76.8 Å². The minimum absolute atomic E-state index is 0.0452. The van der Waals surface area contributed by atoms with Crippen molar-refractivity contribution in [3.63, 3.8) is 0 Å². The van der Waals surface area contributed by atoms with Crippen LogP contribution >= 0.6 is 0 Å². The minimum atomic E-state index is -1.88. The van der Waals surface area contributed by atoms with E-state index in [9.17, 15) is 36.7 Å². The third-order valence-corrected chi connectivity index (χ3v) is 5.97. The van der Waals surface area contributed by atoms with E-state index in [1.54, 1.807) is 6.92 Å². The van der Waals surface area contributed by atoms with Gasteiger partial charge in [0.15, 0.2) is 23.2 Å². The highest BCUT2D eigenvalue weighted by Crippen LogP contribution is 2.26. The maximum Gasteiger partial charge on any atom is 0.305 e. The van der Waals surface area contributed by atoms with Crippen LogP contribution in [0.15, 0.2) is 36.4 Å². The van der Waals surface area contributed by atoms with Crippen molar-refractivity contribution in [2.24, 2.45) is 0 Å². The fourth-order valence-electron chi connectivity index (χ4n) is 3.92. The first-order valence-electron chi connectivity index (χ1n) is 11.5. The van der Waals surface area contributed by atoms with E-state index in [2.05, 4.69) is 10.1 Å². The number of amides is 2. The number of carboxylic acids is 1. The molecule has 0 spiro atoms. The second kappa shape index (κ2) is 12.5.